The minimum atomic E-state index is 0.301. The molecule has 3 heteroatoms. The lowest BCUT2D eigenvalue weighted by atomic mass is 10.3. The van der Waals surface area contributed by atoms with Gasteiger partial charge in [-0.15, -0.1) is 0 Å². The lowest BCUT2D eigenvalue weighted by Crippen LogP contribution is -2.27. The summed E-state index contributed by atoms with van der Waals surface area (Å²) in [6.07, 6.45) is 1.62. The number of carbonyl (C=O) groups excluding carboxylic acids is 1. The average Bonchev–Trinajstić information content (AvgIpc) is 2.05. The Kier molecular flexibility index (Phi) is 7.00. The zero-order valence-corrected chi connectivity index (χ0v) is 8.30. The van der Waals surface area contributed by atoms with E-state index in [-0.39, 0.29) is 0 Å². The normalized spacial score (nSPS) is 10.7. The molecule has 0 heterocycles. The summed E-state index contributed by atoms with van der Waals surface area (Å²) in [6, 6.07) is 0. The maximum absolute atomic E-state index is 11.0. The average molecular weight is 173 g/mol. The van der Waals surface area contributed by atoms with Gasteiger partial charge in [0.1, 0.15) is 5.78 Å². The zero-order chi connectivity index (χ0) is 9.40. The molecule has 0 aliphatic carbocycles. The fourth-order valence-electron chi connectivity index (χ4n) is 0.971. The molecule has 0 saturated heterocycles. The molecule has 0 N–H and O–H groups in total. The van der Waals surface area contributed by atoms with Crippen molar-refractivity contribution < 1.29 is 9.53 Å². The molecule has 72 valence electrons. The van der Waals surface area contributed by atoms with Gasteiger partial charge in [-0.3, -0.25) is 9.69 Å². The quantitative estimate of drug-likeness (QED) is 0.536. The van der Waals surface area contributed by atoms with Gasteiger partial charge in [0.25, 0.3) is 0 Å². The maximum Gasteiger partial charge on any atom is 0.146 e. The number of likely N-dealkylation sites (N-methyl/N-ethyl adjacent to an activating group) is 1. The van der Waals surface area contributed by atoms with E-state index in [4.69, 9.17) is 4.74 Å². The minimum absolute atomic E-state index is 0.301. The third kappa shape index (κ3) is 6.31. The highest BCUT2D eigenvalue weighted by atomic mass is 16.5. The van der Waals surface area contributed by atoms with Gasteiger partial charge in [0.15, 0.2) is 0 Å². The summed E-state index contributed by atoms with van der Waals surface area (Å²) in [7, 11) is 3.65. The molecule has 0 aromatic heterocycles. The van der Waals surface area contributed by atoms with Gasteiger partial charge in [0.2, 0.25) is 0 Å². The van der Waals surface area contributed by atoms with E-state index in [1.165, 1.54) is 0 Å². The Labute approximate surface area is 74.7 Å². The Hall–Kier alpha value is -0.410. The van der Waals surface area contributed by atoms with Crippen LogP contribution < -0.4 is 0 Å². The number of ether oxygens (including phenoxy) is 1. The fraction of sp³-hybridized carbons (Fsp3) is 0.889. The Balaban J connectivity index is 3.32. The predicted octanol–water partition coefficient (Wildman–Crippen LogP) is 0.934. The monoisotopic (exact) mass is 173 g/mol. The van der Waals surface area contributed by atoms with Gasteiger partial charge in [0, 0.05) is 26.7 Å². The number of rotatable bonds is 7. The topological polar surface area (TPSA) is 29.5 Å². The summed E-state index contributed by atoms with van der Waals surface area (Å²) in [5.74, 6) is 0.301. The summed E-state index contributed by atoms with van der Waals surface area (Å²) >= 11 is 0. The van der Waals surface area contributed by atoms with Gasteiger partial charge in [-0.05, 0) is 13.5 Å². The van der Waals surface area contributed by atoms with Crippen LogP contribution >= 0.6 is 0 Å². The molecule has 0 aromatic carbocycles. The Bertz CT molecular complexity index is 126. The third-order valence-corrected chi connectivity index (χ3v) is 1.73. The summed E-state index contributed by atoms with van der Waals surface area (Å²) in [5.41, 5.74) is 0. The predicted molar refractivity (Wildman–Crippen MR) is 49.3 cm³/mol. The fourth-order valence-corrected chi connectivity index (χ4v) is 0.971. The van der Waals surface area contributed by atoms with Gasteiger partial charge < -0.3 is 4.74 Å². The molecule has 0 bridgehead atoms. The molecule has 0 saturated carbocycles. The van der Waals surface area contributed by atoms with Crippen molar-refractivity contribution in [3.63, 3.8) is 0 Å². The van der Waals surface area contributed by atoms with Crippen molar-refractivity contribution in [3.05, 3.63) is 0 Å². The molecule has 0 aliphatic heterocycles. The van der Waals surface area contributed by atoms with Crippen molar-refractivity contribution in [2.24, 2.45) is 0 Å². The van der Waals surface area contributed by atoms with Crippen molar-refractivity contribution in [2.45, 2.75) is 19.8 Å². The number of ketones is 1. The summed E-state index contributed by atoms with van der Waals surface area (Å²) in [5, 5.41) is 0. The summed E-state index contributed by atoms with van der Waals surface area (Å²) < 4.78 is 4.91. The van der Waals surface area contributed by atoms with Crippen LogP contribution in [0, 0.1) is 0 Å². The van der Waals surface area contributed by atoms with Gasteiger partial charge in [-0.1, -0.05) is 6.92 Å². The van der Waals surface area contributed by atoms with E-state index >= 15 is 0 Å². The van der Waals surface area contributed by atoms with Crippen molar-refractivity contribution in [3.8, 4) is 0 Å². The van der Waals surface area contributed by atoms with Crippen LogP contribution in [-0.4, -0.2) is 44.5 Å². The van der Waals surface area contributed by atoms with Crippen LogP contribution in [0.25, 0.3) is 0 Å². The van der Waals surface area contributed by atoms with Crippen molar-refractivity contribution in [1.82, 2.24) is 4.90 Å². The van der Waals surface area contributed by atoms with Crippen LogP contribution in [-0.2, 0) is 9.53 Å². The highest BCUT2D eigenvalue weighted by molar-refractivity contribution is 5.80. The molecule has 0 aromatic rings. The highest BCUT2D eigenvalue weighted by Gasteiger charge is 2.02. The standard InChI is InChI=1S/C9H19NO2/c1-4-9(11)8-10(2)6-5-7-12-3/h4-8H2,1-3H3. The summed E-state index contributed by atoms with van der Waals surface area (Å²) in [6.45, 7) is 4.16. The smallest absolute Gasteiger partial charge is 0.146 e. The Morgan fingerprint density at radius 2 is 2.17 bits per heavy atom. The first kappa shape index (κ1) is 11.6. The van der Waals surface area contributed by atoms with E-state index in [9.17, 15) is 4.79 Å². The second-order valence-corrected chi connectivity index (χ2v) is 2.98. The lowest BCUT2D eigenvalue weighted by Gasteiger charge is -2.14. The molecule has 0 radical (unpaired) electrons. The molecule has 12 heavy (non-hydrogen) atoms. The van der Waals surface area contributed by atoms with E-state index in [0.717, 1.165) is 19.6 Å². The Morgan fingerprint density at radius 3 is 2.67 bits per heavy atom. The van der Waals surface area contributed by atoms with E-state index in [2.05, 4.69) is 0 Å². The molecule has 0 atom stereocenters. The van der Waals surface area contributed by atoms with Crippen LogP contribution in [0.2, 0.25) is 0 Å². The van der Waals surface area contributed by atoms with Crippen LogP contribution in [0.1, 0.15) is 19.8 Å². The number of Topliss-reactive ketones (excluding diaryl/α,β-unsaturated/α-hetero) is 1. The molecule has 0 unspecified atom stereocenters. The molecule has 0 amide bonds. The third-order valence-electron chi connectivity index (χ3n) is 1.73. The zero-order valence-electron chi connectivity index (χ0n) is 8.30. The number of hydrogen-bond acceptors (Lipinski definition) is 3. The first-order chi connectivity index (χ1) is 5.70. The van der Waals surface area contributed by atoms with Crippen LogP contribution in [0.5, 0.6) is 0 Å². The molecule has 0 aliphatic rings. The molecule has 0 fully saturated rings. The lowest BCUT2D eigenvalue weighted by molar-refractivity contribution is -0.119. The van der Waals surface area contributed by atoms with Gasteiger partial charge in [0.05, 0.1) is 6.54 Å². The number of nitrogens with zero attached hydrogens (tertiary/aromatic N) is 1. The highest BCUT2D eigenvalue weighted by Crippen LogP contribution is 1.90. The van der Waals surface area contributed by atoms with Gasteiger partial charge >= 0.3 is 0 Å². The molecule has 0 rings (SSSR count). The van der Waals surface area contributed by atoms with E-state index in [1.54, 1.807) is 7.11 Å². The van der Waals surface area contributed by atoms with Crippen LogP contribution in [0.15, 0.2) is 0 Å². The molecule has 0 spiro atoms. The number of methoxy groups -OCH3 is 1. The van der Waals surface area contributed by atoms with E-state index in [0.29, 0.717) is 18.7 Å². The van der Waals surface area contributed by atoms with E-state index in [1.807, 2.05) is 18.9 Å². The summed E-state index contributed by atoms with van der Waals surface area (Å²) in [4.78, 5) is 13.0. The SMILES string of the molecule is CCC(=O)CN(C)CCCOC. The van der Waals surface area contributed by atoms with Gasteiger partial charge in [-0.25, -0.2) is 0 Å². The van der Waals surface area contributed by atoms with E-state index < -0.39 is 0 Å². The minimum Gasteiger partial charge on any atom is -0.385 e. The van der Waals surface area contributed by atoms with Crippen LogP contribution in [0.3, 0.4) is 0 Å². The van der Waals surface area contributed by atoms with Crippen molar-refractivity contribution >= 4 is 5.78 Å². The number of carbonyl (C=O) groups is 1. The van der Waals surface area contributed by atoms with Crippen molar-refractivity contribution in [1.29, 1.82) is 0 Å². The largest absolute Gasteiger partial charge is 0.385 e. The maximum atomic E-state index is 11.0. The second kappa shape index (κ2) is 7.25. The molecular weight excluding hydrogens is 154 g/mol. The first-order valence-corrected chi connectivity index (χ1v) is 4.39. The van der Waals surface area contributed by atoms with Crippen LogP contribution in [0.4, 0.5) is 0 Å². The first-order valence-electron chi connectivity index (χ1n) is 4.39. The number of hydrogen-bond donors (Lipinski definition) is 0. The van der Waals surface area contributed by atoms with Crippen molar-refractivity contribution in [2.75, 3.05) is 33.9 Å². The molecular formula is C9H19NO2. The molecule has 3 nitrogen and oxygen atoms in total. The Morgan fingerprint density at radius 1 is 1.50 bits per heavy atom. The van der Waals surface area contributed by atoms with Gasteiger partial charge in [-0.2, -0.15) is 0 Å². The second-order valence-electron chi connectivity index (χ2n) is 2.98.